The van der Waals surface area contributed by atoms with Gasteiger partial charge in [-0.2, -0.15) is 13.1 Å². The van der Waals surface area contributed by atoms with Crippen molar-refractivity contribution in [1.29, 1.82) is 0 Å². The summed E-state index contributed by atoms with van der Waals surface area (Å²) < 4.78 is 57.4. The zero-order valence-corrected chi connectivity index (χ0v) is 17.7. The highest BCUT2D eigenvalue weighted by molar-refractivity contribution is 7.89. The number of carbonyl (C=O) groups excluding carboxylic acids is 1. The maximum Gasteiger partial charge on any atom is 0.387 e. The molecule has 0 spiro atoms. The second-order valence-electron chi connectivity index (χ2n) is 7.21. The Morgan fingerprint density at radius 2 is 1.69 bits per heavy atom. The Morgan fingerprint density at radius 1 is 0.969 bits per heavy atom. The summed E-state index contributed by atoms with van der Waals surface area (Å²) in [5, 5.41) is 2.50. The van der Waals surface area contributed by atoms with E-state index in [4.69, 9.17) is 0 Å². The van der Waals surface area contributed by atoms with Crippen LogP contribution in [0, 0.1) is 0 Å². The van der Waals surface area contributed by atoms with Gasteiger partial charge in [0.25, 0.3) is 5.91 Å². The van der Waals surface area contributed by atoms with E-state index in [0.29, 0.717) is 13.0 Å². The molecule has 0 fully saturated rings. The lowest BCUT2D eigenvalue weighted by molar-refractivity contribution is -0.0493. The molecule has 0 aromatic heterocycles. The predicted molar refractivity (Wildman–Crippen MR) is 115 cm³/mol. The number of nitrogens with one attached hydrogen (secondary N) is 1. The zero-order valence-electron chi connectivity index (χ0n) is 16.9. The summed E-state index contributed by atoms with van der Waals surface area (Å²) in [6, 6.07) is 19.1. The summed E-state index contributed by atoms with van der Waals surface area (Å²) in [5.41, 5.74) is 2.21. The van der Waals surface area contributed by atoms with Crippen molar-refractivity contribution in [3.05, 3.63) is 89.5 Å². The Labute approximate surface area is 184 Å². The number of alkyl halides is 2. The van der Waals surface area contributed by atoms with E-state index in [0.717, 1.165) is 11.1 Å². The highest BCUT2D eigenvalue weighted by atomic mass is 32.2. The van der Waals surface area contributed by atoms with Crippen molar-refractivity contribution < 1.29 is 26.7 Å². The molecule has 0 bridgehead atoms. The van der Waals surface area contributed by atoms with E-state index < -0.39 is 22.5 Å². The molecule has 32 heavy (non-hydrogen) atoms. The third kappa shape index (κ3) is 4.63. The van der Waals surface area contributed by atoms with Gasteiger partial charge >= 0.3 is 6.61 Å². The lowest BCUT2D eigenvalue weighted by atomic mass is 10.0. The largest absolute Gasteiger partial charge is 0.433 e. The molecule has 0 unspecified atom stereocenters. The maximum absolute atomic E-state index is 13.2. The number of nitrogens with zero attached hydrogens (tertiary/aromatic N) is 1. The van der Waals surface area contributed by atoms with Crippen molar-refractivity contribution in [3.8, 4) is 5.75 Å². The van der Waals surface area contributed by atoms with Crippen molar-refractivity contribution >= 4 is 21.6 Å². The van der Waals surface area contributed by atoms with Crippen molar-refractivity contribution in [1.82, 2.24) is 4.31 Å². The van der Waals surface area contributed by atoms with E-state index in [-0.39, 0.29) is 28.4 Å². The number of ether oxygens (including phenoxy) is 1. The van der Waals surface area contributed by atoms with Crippen LogP contribution in [0.4, 0.5) is 14.5 Å². The summed E-state index contributed by atoms with van der Waals surface area (Å²) in [4.78, 5) is 12.7. The fraction of sp³-hybridized carbons (Fsp3) is 0.174. The van der Waals surface area contributed by atoms with Crippen LogP contribution >= 0.6 is 0 Å². The van der Waals surface area contributed by atoms with Gasteiger partial charge in [0.15, 0.2) is 0 Å². The zero-order chi connectivity index (χ0) is 22.7. The van der Waals surface area contributed by atoms with Gasteiger partial charge in [0, 0.05) is 18.7 Å². The summed E-state index contributed by atoms with van der Waals surface area (Å²) >= 11 is 0. The highest BCUT2D eigenvalue weighted by Crippen LogP contribution is 2.28. The first-order valence-electron chi connectivity index (χ1n) is 9.87. The molecule has 1 aliphatic rings. The number of para-hydroxylation sites is 2. The molecule has 166 valence electrons. The molecule has 3 aromatic carbocycles. The number of benzene rings is 3. The monoisotopic (exact) mass is 458 g/mol. The molecule has 0 radical (unpaired) electrons. The number of hydrogen-bond donors (Lipinski definition) is 1. The molecule has 1 aliphatic heterocycles. The van der Waals surface area contributed by atoms with Gasteiger partial charge < -0.3 is 10.1 Å². The van der Waals surface area contributed by atoms with Crippen LogP contribution in [0.25, 0.3) is 0 Å². The molecule has 1 amide bonds. The SMILES string of the molecule is O=C(Nc1ccccc1OC(F)F)c1cccc(S(=O)(=O)N2CCc3ccccc3C2)c1. The Bertz CT molecular complexity index is 1250. The van der Waals surface area contributed by atoms with Gasteiger partial charge in [-0.25, -0.2) is 8.42 Å². The second-order valence-corrected chi connectivity index (χ2v) is 9.15. The van der Waals surface area contributed by atoms with Crippen LogP contribution in [-0.4, -0.2) is 31.8 Å². The van der Waals surface area contributed by atoms with Gasteiger partial charge in [0.2, 0.25) is 10.0 Å². The molecule has 0 atom stereocenters. The number of rotatable bonds is 6. The van der Waals surface area contributed by atoms with Crippen LogP contribution in [-0.2, 0) is 23.0 Å². The van der Waals surface area contributed by atoms with Crippen molar-refractivity contribution in [3.63, 3.8) is 0 Å². The van der Waals surface area contributed by atoms with E-state index in [1.54, 1.807) is 6.07 Å². The van der Waals surface area contributed by atoms with Gasteiger partial charge in [0.1, 0.15) is 5.75 Å². The Morgan fingerprint density at radius 3 is 2.47 bits per heavy atom. The molecular weight excluding hydrogens is 438 g/mol. The van der Waals surface area contributed by atoms with Crippen LogP contribution in [0.15, 0.2) is 77.7 Å². The first kappa shape index (κ1) is 21.9. The van der Waals surface area contributed by atoms with Gasteiger partial charge in [-0.15, -0.1) is 0 Å². The van der Waals surface area contributed by atoms with Crippen LogP contribution in [0.3, 0.4) is 0 Å². The molecule has 4 rings (SSSR count). The van der Waals surface area contributed by atoms with Gasteiger partial charge in [-0.1, -0.05) is 42.5 Å². The Hall–Kier alpha value is -3.30. The fourth-order valence-corrected chi connectivity index (χ4v) is 5.05. The molecule has 1 heterocycles. The molecule has 6 nitrogen and oxygen atoms in total. The first-order chi connectivity index (χ1) is 15.3. The van der Waals surface area contributed by atoms with E-state index in [2.05, 4.69) is 10.1 Å². The van der Waals surface area contributed by atoms with Crippen molar-refractivity contribution in [2.45, 2.75) is 24.5 Å². The summed E-state index contributed by atoms with van der Waals surface area (Å²) in [6.07, 6.45) is 0.608. The minimum Gasteiger partial charge on any atom is -0.433 e. The van der Waals surface area contributed by atoms with Crippen LogP contribution in [0.1, 0.15) is 21.5 Å². The van der Waals surface area contributed by atoms with E-state index in [1.807, 2.05) is 24.3 Å². The average Bonchev–Trinajstić information content (AvgIpc) is 2.79. The minimum atomic E-state index is -3.83. The minimum absolute atomic E-state index is 0.0124. The number of anilines is 1. The topological polar surface area (TPSA) is 75.7 Å². The summed E-state index contributed by atoms with van der Waals surface area (Å²) in [6.45, 7) is -2.45. The summed E-state index contributed by atoms with van der Waals surface area (Å²) in [5.74, 6) is -0.831. The summed E-state index contributed by atoms with van der Waals surface area (Å²) in [7, 11) is -3.83. The Kier molecular flexibility index (Phi) is 6.20. The molecule has 0 aliphatic carbocycles. The average molecular weight is 458 g/mol. The first-order valence-corrected chi connectivity index (χ1v) is 11.3. The lowest BCUT2D eigenvalue weighted by Gasteiger charge is -2.28. The van der Waals surface area contributed by atoms with Crippen LogP contribution < -0.4 is 10.1 Å². The van der Waals surface area contributed by atoms with Crippen molar-refractivity contribution in [2.75, 3.05) is 11.9 Å². The van der Waals surface area contributed by atoms with Gasteiger partial charge in [-0.05, 0) is 47.9 Å². The predicted octanol–water partition coefficient (Wildman–Crippen LogP) is 4.29. The van der Waals surface area contributed by atoms with Gasteiger partial charge in [-0.3, -0.25) is 4.79 Å². The molecule has 0 saturated carbocycles. The lowest BCUT2D eigenvalue weighted by Crippen LogP contribution is -2.36. The van der Waals surface area contributed by atoms with Gasteiger partial charge in [0.05, 0.1) is 10.6 Å². The highest BCUT2D eigenvalue weighted by Gasteiger charge is 2.28. The van der Waals surface area contributed by atoms with E-state index >= 15 is 0 Å². The van der Waals surface area contributed by atoms with E-state index in [1.165, 1.54) is 46.8 Å². The molecule has 1 N–H and O–H groups in total. The van der Waals surface area contributed by atoms with Crippen molar-refractivity contribution in [2.24, 2.45) is 0 Å². The molecule has 0 saturated heterocycles. The number of halogens is 2. The quantitative estimate of drug-likeness (QED) is 0.598. The molecular formula is C23H20F2N2O4S. The van der Waals surface area contributed by atoms with Crippen LogP contribution in [0.2, 0.25) is 0 Å². The number of amides is 1. The van der Waals surface area contributed by atoms with Crippen LogP contribution in [0.5, 0.6) is 5.75 Å². The third-order valence-corrected chi connectivity index (χ3v) is 7.02. The Balaban J connectivity index is 1.56. The standard InChI is InChI=1S/C23H20F2N2O4S/c24-23(25)31-21-11-4-3-10-20(21)26-22(28)17-8-5-9-19(14-17)32(29,30)27-13-12-16-6-1-2-7-18(16)15-27/h1-11,14,23H,12-13,15H2,(H,26,28). The third-order valence-electron chi connectivity index (χ3n) is 5.18. The fourth-order valence-electron chi connectivity index (χ4n) is 3.58. The number of hydrogen-bond acceptors (Lipinski definition) is 4. The second kappa shape index (κ2) is 9.05. The normalized spacial score (nSPS) is 14.1. The smallest absolute Gasteiger partial charge is 0.387 e. The number of fused-ring (bicyclic) bond motifs is 1. The van der Waals surface area contributed by atoms with E-state index in [9.17, 15) is 22.0 Å². The number of sulfonamides is 1. The number of carbonyl (C=O) groups is 1. The maximum atomic E-state index is 13.2. The molecule has 9 heteroatoms. The molecule has 3 aromatic rings.